The van der Waals surface area contributed by atoms with E-state index in [1.807, 2.05) is 0 Å². The van der Waals surface area contributed by atoms with Gasteiger partial charge < -0.3 is 15.1 Å². The van der Waals surface area contributed by atoms with Crippen molar-refractivity contribution in [3.05, 3.63) is 28.2 Å². The molecular weight excluding hydrogens is 330 g/mol. The fraction of sp³-hybridized carbons (Fsp3) is 0.632. The van der Waals surface area contributed by atoms with Crippen LogP contribution in [0.3, 0.4) is 0 Å². The highest BCUT2D eigenvalue weighted by molar-refractivity contribution is 7.19. The molecule has 6 heteroatoms. The van der Waals surface area contributed by atoms with Crippen LogP contribution in [0.4, 0.5) is 5.82 Å². The Morgan fingerprint density at radius 1 is 1.24 bits per heavy atom. The first-order valence-electron chi connectivity index (χ1n) is 9.19. The van der Waals surface area contributed by atoms with E-state index in [0.717, 1.165) is 23.5 Å². The number of hydrogen-bond donors (Lipinski definition) is 1. The highest BCUT2D eigenvalue weighted by atomic mass is 32.1. The highest BCUT2D eigenvalue weighted by Gasteiger charge is 2.32. The van der Waals surface area contributed by atoms with Crippen molar-refractivity contribution in [1.29, 1.82) is 0 Å². The van der Waals surface area contributed by atoms with Crippen molar-refractivity contribution in [3.63, 3.8) is 0 Å². The molecule has 0 saturated heterocycles. The molecule has 5 nitrogen and oxygen atoms in total. The molecular formula is C19H25N5S. The van der Waals surface area contributed by atoms with Crippen molar-refractivity contribution in [1.82, 2.24) is 14.9 Å². The number of hydrogen-bond acceptors (Lipinski definition) is 5. The Bertz CT molecular complexity index is 798. The molecule has 0 aromatic carbocycles. The number of nitrogens with one attached hydrogen (secondary N) is 1. The highest BCUT2D eigenvalue weighted by Crippen LogP contribution is 2.45. The summed E-state index contributed by atoms with van der Waals surface area (Å²) in [5.74, 6) is 1.35. The van der Waals surface area contributed by atoms with Crippen LogP contribution in [0.5, 0.6) is 0 Å². The monoisotopic (exact) mass is 355 g/mol. The first kappa shape index (κ1) is 16.7. The Labute approximate surface area is 153 Å². The molecule has 1 atom stereocenters. The van der Waals surface area contributed by atoms with E-state index in [2.05, 4.69) is 39.1 Å². The number of thiophene rings is 1. The second kappa shape index (κ2) is 6.89. The minimum Gasteiger partial charge on any atom is -0.367 e. The first-order chi connectivity index (χ1) is 12.2. The molecule has 2 aromatic heterocycles. The van der Waals surface area contributed by atoms with Crippen LogP contribution in [-0.2, 0) is 6.42 Å². The zero-order valence-electron chi connectivity index (χ0n) is 15.0. The number of fused-ring (bicyclic) bond motifs is 3. The quantitative estimate of drug-likeness (QED) is 0.844. The number of aromatic nitrogens is 2. The predicted molar refractivity (Wildman–Crippen MR) is 103 cm³/mol. The summed E-state index contributed by atoms with van der Waals surface area (Å²) in [6.07, 6.45) is 8.72. The molecule has 1 saturated carbocycles. The molecule has 2 heterocycles. The number of aryl methyl sites for hydroxylation is 1. The fourth-order valence-corrected chi connectivity index (χ4v) is 5.64. The lowest BCUT2D eigenvalue weighted by molar-refractivity contribution is 0.221. The maximum atomic E-state index is 7.26. The van der Waals surface area contributed by atoms with Gasteiger partial charge in [0, 0.05) is 17.0 Å². The summed E-state index contributed by atoms with van der Waals surface area (Å²) in [7, 11) is 4.36. The van der Waals surface area contributed by atoms with Gasteiger partial charge in [-0.1, -0.05) is 0 Å². The van der Waals surface area contributed by atoms with Crippen molar-refractivity contribution in [3.8, 4) is 0 Å². The van der Waals surface area contributed by atoms with Crippen molar-refractivity contribution in [2.75, 3.05) is 26.0 Å². The topological polar surface area (TPSA) is 45.4 Å². The van der Waals surface area contributed by atoms with Gasteiger partial charge >= 0.3 is 0 Å². The molecule has 0 radical (unpaired) electrons. The van der Waals surface area contributed by atoms with Crippen LogP contribution < -0.4 is 5.32 Å². The fourth-order valence-electron chi connectivity index (χ4n) is 4.40. The van der Waals surface area contributed by atoms with E-state index in [0.29, 0.717) is 24.5 Å². The van der Waals surface area contributed by atoms with Crippen LogP contribution in [0.1, 0.15) is 48.5 Å². The number of nitrogens with zero attached hydrogens (tertiary/aromatic N) is 4. The summed E-state index contributed by atoms with van der Waals surface area (Å²) in [6, 6.07) is 1.20. The second-order valence-electron chi connectivity index (χ2n) is 7.53. The van der Waals surface area contributed by atoms with Crippen molar-refractivity contribution < 1.29 is 0 Å². The molecule has 0 bridgehead atoms. The smallest absolute Gasteiger partial charge is 0.221 e. The van der Waals surface area contributed by atoms with Gasteiger partial charge in [0.25, 0.3) is 0 Å². The molecule has 1 fully saturated rings. The summed E-state index contributed by atoms with van der Waals surface area (Å²) < 4.78 is 0. The van der Waals surface area contributed by atoms with Crippen LogP contribution in [0.25, 0.3) is 15.1 Å². The maximum Gasteiger partial charge on any atom is 0.221 e. The Balaban J connectivity index is 1.60. The van der Waals surface area contributed by atoms with Gasteiger partial charge in [-0.15, -0.1) is 11.3 Å². The lowest BCUT2D eigenvalue weighted by atomic mass is 9.90. The molecule has 0 spiro atoms. The minimum absolute atomic E-state index is 0.359. The standard InChI is InChI=1S/C19H25N5S/c1-20-10-12-4-9-15-16(12)17-18(21-11-22-19(17)25-15)23-13-5-7-14(8-6-13)24(2)3/h11-14H,4-10H2,2-3H3,(H,21,22,23). The van der Waals surface area contributed by atoms with E-state index < -0.39 is 0 Å². The van der Waals surface area contributed by atoms with Crippen LogP contribution in [0, 0.1) is 6.57 Å². The van der Waals surface area contributed by atoms with Gasteiger partial charge in [-0.3, -0.25) is 0 Å². The Morgan fingerprint density at radius 2 is 2.04 bits per heavy atom. The molecule has 2 aromatic rings. The molecule has 1 unspecified atom stereocenters. The third-order valence-corrected chi connectivity index (χ3v) is 6.98. The van der Waals surface area contributed by atoms with Crippen molar-refractivity contribution in [2.45, 2.75) is 56.5 Å². The average molecular weight is 356 g/mol. The molecule has 4 rings (SSSR count). The van der Waals surface area contributed by atoms with Gasteiger partial charge in [0.1, 0.15) is 17.0 Å². The lowest BCUT2D eigenvalue weighted by Gasteiger charge is -2.33. The van der Waals surface area contributed by atoms with Crippen molar-refractivity contribution in [2.24, 2.45) is 0 Å². The predicted octanol–water partition coefficient (Wildman–Crippen LogP) is 3.93. The van der Waals surface area contributed by atoms with Crippen molar-refractivity contribution >= 4 is 27.4 Å². The normalized spacial score (nSPS) is 25.9. The van der Waals surface area contributed by atoms with Crippen LogP contribution in [0.15, 0.2) is 6.33 Å². The van der Waals surface area contributed by atoms with Gasteiger partial charge in [0.2, 0.25) is 6.54 Å². The maximum absolute atomic E-state index is 7.26. The summed E-state index contributed by atoms with van der Waals surface area (Å²) in [5.41, 5.74) is 1.36. The Hall–Kier alpha value is -1.71. The van der Waals surface area contributed by atoms with Crippen LogP contribution in [0.2, 0.25) is 0 Å². The zero-order chi connectivity index (χ0) is 17.4. The van der Waals surface area contributed by atoms with Gasteiger partial charge in [-0.05, 0) is 58.2 Å². The van der Waals surface area contributed by atoms with E-state index in [-0.39, 0.29) is 0 Å². The van der Waals surface area contributed by atoms with E-state index in [1.165, 1.54) is 41.5 Å². The molecule has 0 aliphatic heterocycles. The molecule has 0 amide bonds. The second-order valence-corrected chi connectivity index (χ2v) is 8.61. The zero-order valence-corrected chi connectivity index (χ0v) is 15.8. The van der Waals surface area contributed by atoms with Crippen LogP contribution in [-0.4, -0.2) is 47.6 Å². The molecule has 25 heavy (non-hydrogen) atoms. The van der Waals surface area contributed by atoms with Gasteiger partial charge in [0.15, 0.2) is 0 Å². The Kier molecular flexibility index (Phi) is 4.61. The van der Waals surface area contributed by atoms with Gasteiger partial charge in [0.05, 0.1) is 11.3 Å². The summed E-state index contributed by atoms with van der Waals surface area (Å²) >= 11 is 1.80. The number of rotatable bonds is 4. The van der Waals surface area contributed by atoms with Crippen LogP contribution >= 0.6 is 11.3 Å². The molecule has 2 aliphatic rings. The van der Waals surface area contributed by atoms with Gasteiger partial charge in [-0.25, -0.2) is 16.5 Å². The largest absolute Gasteiger partial charge is 0.367 e. The average Bonchev–Trinajstić information content (AvgIpc) is 3.16. The lowest BCUT2D eigenvalue weighted by Crippen LogP contribution is -2.36. The summed E-state index contributed by atoms with van der Waals surface area (Å²) in [6.45, 7) is 7.84. The summed E-state index contributed by atoms with van der Waals surface area (Å²) in [5, 5.41) is 4.92. The minimum atomic E-state index is 0.359. The SMILES string of the molecule is [C-]#[N+]CC1CCc2sc3ncnc(NC4CCC(N(C)C)CC4)c3c21. The molecule has 132 valence electrons. The third kappa shape index (κ3) is 3.11. The van der Waals surface area contributed by atoms with E-state index in [9.17, 15) is 0 Å². The summed E-state index contributed by atoms with van der Waals surface area (Å²) in [4.78, 5) is 17.6. The molecule has 1 N–H and O–H groups in total. The first-order valence-corrected chi connectivity index (χ1v) is 10.0. The van der Waals surface area contributed by atoms with E-state index in [1.54, 1.807) is 17.7 Å². The number of anilines is 1. The third-order valence-electron chi connectivity index (χ3n) is 5.81. The molecule has 2 aliphatic carbocycles. The Morgan fingerprint density at radius 3 is 2.76 bits per heavy atom. The van der Waals surface area contributed by atoms with E-state index in [4.69, 9.17) is 6.57 Å². The van der Waals surface area contributed by atoms with E-state index >= 15 is 0 Å². The van der Waals surface area contributed by atoms with Gasteiger partial charge in [-0.2, -0.15) is 0 Å².